The molecule has 0 bridgehead atoms. The van der Waals surface area contributed by atoms with Gasteiger partial charge in [-0.25, -0.2) is 13.2 Å². The lowest BCUT2D eigenvalue weighted by molar-refractivity contribution is -0.172. The van der Waals surface area contributed by atoms with Crippen molar-refractivity contribution in [2.45, 2.75) is 24.0 Å². The van der Waals surface area contributed by atoms with E-state index in [0.717, 1.165) is 11.1 Å². The maximum absolute atomic E-state index is 13.5. The molecule has 33 heavy (non-hydrogen) atoms. The van der Waals surface area contributed by atoms with E-state index < -0.39 is 33.6 Å². The highest BCUT2D eigenvalue weighted by Crippen LogP contribution is 2.54. The molecule has 0 saturated carbocycles. The number of ether oxygens (including phenoxy) is 2. The molecule has 0 saturated heterocycles. The first-order chi connectivity index (χ1) is 15.7. The van der Waals surface area contributed by atoms with E-state index in [4.69, 9.17) is 9.47 Å². The number of rotatable bonds is 4. The third kappa shape index (κ3) is 4.14. The summed E-state index contributed by atoms with van der Waals surface area (Å²) in [6.07, 6.45) is 1.79. The molecule has 1 spiro atoms. The van der Waals surface area contributed by atoms with Crippen molar-refractivity contribution < 1.29 is 27.8 Å². The number of hydrogen-bond donors (Lipinski definition) is 1. The molecule has 0 fully saturated rings. The summed E-state index contributed by atoms with van der Waals surface area (Å²) in [5, 5.41) is 11.2. The van der Waals surface area contributed by atoms with Crippen molar-refractivity contribution in [3.05, 3.63) is 88.1 Å². The van der Waals surface area contributed by atoms with E-state index in [0.29, 0.717) is 4.48 Å². The van der Waals surface area contributed by atoms with Crippen molar-refractivity contribution in [1.29, 1.82) is 0 Å². The monoisotopic (exact) mass is 533 g/mol. The highest BCUT2D eigenvalue weighted by atomic mass is 79.9. The molecule has 1 unspecified atom stereocenters. The molecule has 2 aromatic rings. The Hall–Kier alpha value is -2.46. The van der Waals surface area contributed by atoms with Crippen molar-refractivity contribution in [1.82, 2.24) is 4.31 Å². The van der Waals surface area contributed by atoms with Crippen LogP contribution in [0.1, 0.15) is 17.0 Å². The normalized spacial score (nSPS) is 25.7. The second-order valence-corrected chi connectivity index (χ2v) is 10.9. The first-order valence-corrected chi connectivity index (χ1v) is 12.6. The fourth-order valence-electron chi connectivity index (χ4n) is 4.28. The first kappa shape index (κ1) is 23.7. The molecule has 2 heterocycles. The lowest BCUT2D eigenvalue weighted by atomic mass is 9.68. The fourth-order valence-corrected chi connectivity index (χ4v) is 6.42. The van der Waals surface area contributed by atoms with Crippen LogP contribution in [0.3, 0.4) is 0 Å². The van der Waals surface area contributed by atoms with Crippen molar-refractivity contribution >= 4 is 31.9 Å². The van der Waals surface area contributed by atoms with Crippen LogP contribution < -0.4 is 0 Å². The largest absolute Gasteiger partial charge is 0.463 e. The van der Waals surface area contributed by atoms with Crippen molar-refractivity contribution in [2.75, 3.05) is 20.2 Å². The van der Waals surface area contributed by atoms with Gasteiger partial charge in [-0.1, -0.05) is 70.0 Å². The van der Waals surface area contributed by atoms with Crippen LogP contribution in [0.2, 0.25) is 0 Å². The predicted molar refractivity (Wildman–Crippen MR) is 126 cm³/mol. The number of esters is 1. The molecule has 174 valence electrons. The van der Waals surface area contributed by atoms with Crippen LogP contribution in [-0.2, 0) is 24.3 Å². The minimum atomic E-state index is -3.85. The van der Waals surface area contributed by atoms with Gasteiger partial charge in [0.25, 0.3) is 0 Å². The number of carbonyl (C=O) groups is 1. The summed E-state index contributed by atoms with van der Waals surface area (Å²) in [4.78, 5) is 12.4. The van der Waals surface area contributed by atoms with Gasteiger partial charge in [-0.2, -0.15) is 4.31 Å². The molecular weight excluding hydrogens is 510 g/mol. The summed E-state index contributed by atoms with van der Waals surface area (Å²) >= 11 is 3.57. The molecule has 4 rings (SSSR count). The molecule has 7 nitrogen and oxygen atoms in total. The summed E-state index contributed by atoms with van der Waals surface area (Å²) in [5.74, 6) is -1.41. The number of aliphatic hydroxyl groups excluding tert-OH is 1. The van der Waals surface area contributed by atoms with Gasteiger partial charge in [-0.3, -0.25) is 0 Å². The molecule has 1 N–H and O–H groups in total. The van der Waals surface area contributed by atoms with E-state index in [-0.39, 0.29) is 23.7 Å². The molecule has 9 heteroatoms. The first-order valence-electron chi connectivity index (χ1n) is 10.3. The Morgan fingerprint density at radius 1 is 1.18 bits per heavy atom. The third-order valence-corrected chi connectivity index (χ3v) is 9.00. The van der Waals surface area contributed by atoms with Gasteiger partial charge in [0, 0.05) is 23.5 Å². The number of methoxy groups -OCH3 is 1. The summed E-state index contributed by atoms with van der Waals surface area (Å²) in [6.45, 7) is 1.95. The number of nitrogens with zero attached hydrogens (tertiary/aromatic N) is 1. The van der Waals surface area contributed by atoms with Gasteiger partial charge in [0.05, 0.1) is 17.4 Å². The Bertz CT molecular complexity index is 1210. The fraction of sp³-hybridized carbons (Fsp3) is 0.292. The van der Waals surface area contributed by atoms with Gasteiger partial charge >= 0.3 is 5.97 Å². The molecule has 3 atom stereocenters. The zero-order valence-electron chi connectivity index (χ0n) is 18.1. The van der Waals surface area contributed by atoms with Crippen LogP contribution in [-0.4, -0.2) is 50.3 Å². The Kier molecular flexibility index (Phi) is 6.50. The minimum absolute atomic E-state index is 0.0635. The molecular formula is C24H24BrNO6S. The van der Waals surface area contributed by atoms with Crippen LogP contribution >= 0.6 is 15.9 Å². The number of aryl methyl sites for hydroxylation is 1. The summed E-state index contributed by atoms with van der Waals surface area (Å²) in [7, 11) is -2.62. The quantitative estimate of drug-likeness (QED) is 0.605. The molecule has 0 aromatic heterocycles. The van der Waals surface area contributed by atoms with Gasteiger partial charge in [0.1, 0.15) is 0 Å². The number of aliphatic hydroxyl groups is 1. The van der Waals surface area contributed by atoms with E-state index in [1.54, 1.807) is 36.4 Å². The topological polar surface area (TPSA) is 93.1 Å². The zero-order valence-corrected chi connectivity index (χ0v) is 20.5. The van der Waals surface area contributed by atoms with E-state index in [1.165, 1.54) is 11.4 Å². The average molecular weight is 534 g/mol. The second kappa shape index (κ2) is 9.06. The maximum atomic E-state index is 13.5. The van der Waals surface area contributed by atoms with Crippen LogP contribution in [0.4, 0.5) is 0 Å². The van der Waals surface area contributed by atoms with Gasteiger partial charge < -0.3 is 14.6 Å². The SMILES string of the molecule is COC(=O)C1=C[C@@H](c2ccccc2)[C@@]2(CN(S(=O)(=O)c3ccc(C)cc3)CC=C2Br)C(O)O1. The number of hydrogen-bond acceptors (Lipinski definition) is 6. The highest BCUT2D eigenvalue weighted by molar-refractivity contribution is 9.11. The number of halogens is 1. The predicted octanol–water partition coefficient (Wildman–Crippen LogP) is 3.45. The standard InChI is InChI=1S/C24H24BrNO6S/c1-16-8-10-18(11-9-16)33(29,30)26-13-12-21(25)24(15-26)19(17-6-4-3-5-7-17)14-20(22(27)31-2)32-23(24)28/h3-12,14,19,23,28H,13,15H2,1-2H3/t19-,23?,24+/m0/s1. The van der Waals surface area contributed by atoms with E-state index in [9.17, 15) is 18.3 Å². The lowest BCUT2D eigenvalue weighted by Gasteiger charge is -2.49. The van der Waals surface area contributed by atoms with Crippen LogP contribution in [0.5, 0.6) is 0 Å². The summed E-state index contributed by atoms with van der Waals surface area (Å²) < 4.78 is 39.2. The Morgan fingerprint density at radius 3 is 2.48 bits per heavy atom. The molecule has 2 aromatic carbocycles. The van der Waals surface area contributed by atoms with Gasteiger partial charge in [-0.15, -0.1) is 0 Å². The Balaban J connectivity index is 1.83. The molecule has 0 radical (unpaired) electrons. The number of sulfonamides is 1. The third-order valence-electron chi connectivity index (χ3n) is 6.11. The smallest absolute Gasteiger partial charge is 0.373 e. The van der Waals surface area contributed by atoms with Crippen molar-refractivity contribution in [3.63, 3.8) is 0 Å². The minimum Gasteiger partial charge on any atom is -0.463 e. The number of allylic oxidation sites excluding steroid dienone is 1. The molecule has 0 aliphatic carbocycles. The molecule has 2 aliphatic rings. The number of carbonyl (C=O) groups excluding carboxylic acids is 1. The number of benzene rings is 2. The Morgan fingerprint density at radius 2 is 1.85 bits per heavy atom. The van der Waals surface area contributed by atoms with Gasteiger partial charge in [-0.05, 0) is 30.7 Å². The van der Waals surface area contributed by atoms with Crippen LogP contribution in [0, 0.1) is 12.3 Å². The van der Waals surface area contributed by atoms with Gasteiger partial charge in [0.2, 0.25) is 22.1 Å². The van der Waals surface area contributed by atoms with E-state index >= 15 is 0 Å². The van der Waals surface area contributed by atoms with Crippen LogP contribution in [0.15, 0.2) is 81.9 Å². The Labute approximate surface area is 201 Å². The molecule has 2 aliphatic heterocycles. The second-order valence-electron chi connectivity index (χ2n) is 8.08. The lowest BCUT2D eigenvalue weighted by Crippen LogP contribution is -2.55. The molecule has 0 amide bonds. The summed E-state index contributed by atoms with van der Waals surface area (Å²) in [6, 6.07) is 15.9. The zero-order chi connectivity index (χ0) is 23.8. The van der Waals surface area contributed by atoms with Crippen molar-refractivity contribution in [2.24, 2.45) is 5.41 Å². The van der Waals surface area contributed by atoms with E-state index in [2.05, 4.69) is 15.9 Å². The average Bonchev–Trinajstić information content (AvgIpc) is 2.82. The highest BCUT2D eigenvalue weighted by Gasteiger charge is 2.56. The maximum Gasteiger partial charge on any atom is 0.373 e. The van der Waals surface area contributed by atoms with Gasteiger partial charge in [0.15, 0.2) is 0 Å². The van der Waals surface area contributed by atoms with Crippen molar-refractivity contribution in [3.8, 4) is 0 Å². The van der Waals surface area contributed by atoms with E-state index in [1.807, 2.05) is 37.3 Å². The van der Waals surface area contributed by atoms with Crippen LogP contribution in [0.25, 0.3) is 0 Å². The summed E-state index contributed by atoms with van der Waals surface area (Å²) in [5.41, 5.74) is 0.531.